The van der Waals surface area contributed by atoms with E-state index in [2.05, 4.69) is 211 Å². The second-order valence-electron chi connectivity index (χ2n) is 15.1. The quantitative estimate of drug-likeness (QED) is 0.165. The summed E-state index contributed by atoms with van der Waals surface area (Å²) in [4.78, 5) is 5.11. The molecule has 0 fully saturated rings. The molecular formula is C55H34N2. The van der Waals surface area contributed by atoms with E-state index in [9.17, 15) is 0 Å². The number of nitrogens with zero attached hydrogens (tertiary/aromatic N) is 2. The monoisotopic (exact) mass is 722 g/mol. The number of rotatable bonds is 4. The summed E-state index contributed by atoms with van der Waals surface area (Å²) in [5.74, 6) is 0.936. The normalized spacial score (nSPS) is 11.9. The number of aromatic nitrogens is 2. The van der Waals surface area contributed by atoms with Crippen LogP contribution < -0.4 is 0 Å². The molecule has 1 heterocycles. The molecule has 0 amide bonds. The number of benzene rings is 10. The van der Waals surface area contributed by atoms with Gasteiger partial charge in [0, 0.05) is 11.3 Å². The van der Waals surface area contributed by atoms with Gasteiger partial charge in [-0.25, -0.2) is 4.98 Å². The second-order valence-corrected chi connectivity index (χ2v) is 15.1. The van der Waals surface area contributed by atoms with Gasteiger partial charge in [0.2, 0.25) is 0 Å². The minimum absolute atomic E-state index is 0.936. The third-order valence-electron chi connectivity index (χ3n) is 12.0. The molecule has 0 N–H and O–H groups in total. The van der Waals surface area contributed by atoms with E-state index >= 15 is 0 Å². The van der Waals surface area contributed by atoms with E-state index in [-0.39, 0.29) is 0 Å². The molecule has 57 heavy (non-hydrogen) atoms. The zero-order valence-electron chi connectivity index (χ0n) is 31.0. The first-order valence-corrected chi connectivity index (χ1v) is 19.6. The van der Waals surface area contributed by atoms with Crippen molar-refractivity contribution in [3.63, 3.8) is 0 Å². The predicted octanol–water partition coefficient (Wildman–Crippen LogP) is 14.9. The number of hydrogen-bond donors (Lipinski definition) is 0. The third kappa shape index (κ3) is 4.87. The summed E-state index contributed by atoms with van der Waals surface area (Å²) in [6.45, 7) is 0. The lowest BCUT2D eigenvalue weighted by Crippen LogP contribution is -1.97. The van der Waals surface area contributed by atoms with Crippen LogP contribution in [0.25, 0.3) is 115 Å². The molecule has 12 aromatic rings. The topological polar surface area (TPSA) is 17.8 Å². The molecule has 0 atom stereocenters. The van der Waals surface area contributed by atoms with E-state index in [1.807, 2.05) is 0 Å². The van der Waals surface area contributed by atoms with Gasteiger partial charge in [0.25, 0.3) is 0 Å². The van der Waals surface area contributed by atoms with Crippen molar-refractivity contribution in [2.24, 2.45) is 0 Å². The van der Waals surface area contributed by atoms with Gasteiger partial charge in [-0.05, 0) is 117 Å². The third-order valence-corrected chi connectivity index (χ3v) is 12.0. The molecule has 1 aromatic heterocycles. The van der Waals surface area contributed by atoms with Crippen molar-refractivity contribution in [3.8, 4) is 39.3 Å². The summed E-state index contributed by atoms with van der Waals surface area (Å²) >= 11 is 0. The van der Waals surface area contributed by atoms with E-state index in [1.54, 1.807) is 0 Å². The Morgan fingerprint density at radius 2 is 0.825 bits per heavy atom. The molecule has 2 heteroatoms. The van der Waals surface area contributed by atoms with Crippen LogP contribution in [-0.2, 0) is 0 Å². The Balaban J connectivity index is 1.03. The zero-order chi connectivity index (χ0) is 37.5. The molecule has 264 valence electrons. The molecule has 0 aliphatic rings. The van der Waals surface area contributed by atoms with E-state index in [4.69, 9.17) is 4.98 Å². The summed E-state index contributed by atoms with van der Waals surface area (Å²) in [5, 5.41) is 15.3. The van der Waals surface area contributed by atoms with Gasteiger partial charge in [0.15, 0.2) is 0 Å². The van der Waals surface area contributed by atoms with Crippen molar-refractivity contribution in [3.05, 3.63) is 206 Å². The fraction of sp³-hybridized carbons (Fsp3) is 0. The van der Waals surface area contributed by atoms with Crippen molar-refractivity contribution < 1.29 is 0 Å². The number of para-hydroxylation sites is 3. The maximum Gasteiger partial charge on any atom is 0.145 e. The summed E-state index contributed by atoms with van der Waals surface area (Å²) in [7, 11) is 0. The van der Waals surface area contributed by atoms with Gasteiger partial charge in [-0.2, -0.15) is 0 Å². The molecule has 12 rings (SSSR count). The SMILES string of the molecule is c1ccc(-n2c(-c3ccc(-c4ccc(-c5ccc6c(c5)c5ccccc5c5cccc7ccc8cccc6c8c75)c5ccccc45)cc3)nc3ccccc32)cc1. The number of imidazole rings is 1. The van der Waals surface area contributed by atoms with Crippen LogP contribution >= 0.6 is 0 Å². The average Bonchev–Trinajstić information content (AvgIpc) is 3.68. The smallest absolute Gasteiger partial charge is 0.145 e. The molecule has 0 spiro atoms. The van der Waals surface area contributed by atoms with Gasteiger partial charge < -0.3 is 0 Å². The lowest BCUT2D eigenvalue weighted by Gasteiger charge is -2.16. The fourth-order valence-electron chi connectivity index (χ4n) is 9.39. The molecule has 0 aliphatic heterocycles. The van der Waals surface area contributed by atoms with Crippen LogP contribution in [0, 0.1) is 0 Å². The van der Waals surface area contributed by atoms with Crippen LogP contribution in [0.4, 0.5) is 0 Å². The standard InChI is InChI=1S/C55H34N2/c1-2-14-40(15-3-1)57-52-23-9-8-22-51(52)56-55(57)38-28-24-35(25-29-38)41-32-33-42(44-17-5-4-16-43(41)44)39-30-31-47-49-21-11-13-37-27-26-36-12-10-20-48(53(36)54(37)49)45-18-6-7-19-46(45)50(47)34-39/h1-34H. The van der Waals surface area contributed by atoms with Crippen LogP contribution in [0.5, 0.6) is 0 Å². The first-order valence-electron chi connectivity index (χ1n) is 19.6. The summed E-state index contributed by atoms with van der Waals surface area (Å²) < 4.78 is 2.26. The first kappa shape index (κ1) is 31.8. The Labute approximate surface area is 329 Å². The molecule has 0 saturated carbocycles. The molecule has 0 radical (unpaired) electrons. The average molecular weight is 723 g/mol. The van der Waals surface area contributed by atoms with Crippen LogP contribution in [-0.4, -0.2) is 9.55 Å². The number of hydrogen-bond acceptors (Lipinski definition) is 1. The molecular weight excluding hydrogens is 689 g/mol. The predicted molar refractivity (Wildman–Crippen MR) is 242 cm³/mol. The van der Waals surface area contributed by atoms with E-state index in [1.165, 1.54) is 86.9 Å². The van der Waals surface area contributed by atoms with Gasteiger partial charge >= 0.3 is 0 Å². The lowest BCUT2D eigenvalue weighted by molar-refractivity contribution is 1.10. The lowest BCUT2D eigenvalue weighted by atomic mass is 9.88. The van der Waals surface area contributed by atoms with Crippen LogP contribution in [0.3, 0.4) is 0 Å². The van der Waals surface area contributed by atoms with Crippen molar-refractivity contribution in [1.29, 1.82) is 0 Å². The summed E-state index contributed by atoms with van der Waals surface area (Å²) in [5.41, 5.74) is 9.09. The fourth-order valence-corrected chi connectivity index (χ4v) is 9.39. The van der Waals surface area contributed by atoms with Crippen molar-refractivity contribution in [1.82, 2.24) is 9.55 Å². The highest BCUT2D eigenvalue weighted by Crippen LogP contribution is 2.43. The van der Waals surface area contributed by atoms with E-state index in [0.29, 0.717) is 0 Å². The Morgan fingerprint density at radius 1 is 0.316 bits per heavy atom. The minimum atomic E-state index is 0.936. The van der Waals surface area contributed by atoms with E-state index < -0.39 is 0 Å². The van der Waals surface area contributed by atoms with Crippen LogP contribution in [0.15, 0.2) is 206 Å². The maximum absolute atomic E-state index is 5.11. The Morgan fingerprint density at radius 3 is 1.51 bits per heavy atom. The first-order chi connectivity index (χ1) is 28.3. The Bertz CT molecular complexity index is 3560. The van der Waals surface area contributed by atoms with Crippen molar-refractivity contribution >= 4 is 75.7 Å². The maximum atomic E-state index is 5.11. The highest BCUT2D eigenvalue weighted by molar-refractivity contribution is 6.33. The van der Waals surface area contributed by atoms with Crippen molar-refractivity contribution in [2.75, 3.05) is 0 Å². The molecule has 11 aromatic carbocycles. The highest BCUT2D eigenvalue weighted by Gasteiger charge is 2.17. The second kappa shape index (κ2) is 12.5. The summed E-state index contributed by atoms with van der Waals surface area (Å²) in [6, 6.07) is 75.3. The molecule has 0 aliphatic carbocycles. The van der Waals surface area contributed by atoms with Gasteiger partial charge in [-0.15, -0.1) is 0 Å². The minimum Gasteiger partial charge on any atom is -0.292 e. The Hall–Kier alpha value is -7.55. The summed E-state index contributed by atoms with van der Waals surface area (Å²) in [6.07, 6.45) is 0. The highest BCUT2D eigenvalue weighted by atomic mass is 15.1. The van der Waals surface area contributed by atoms with Crippen molar-refractivity contribution in [2.45, 2.75) is 0 Å². The largest absolute Gasteiger partial charge is 0.292 e. The van der Waals surface area contributed by atoms with Crippen LogP contribution in [0.1, 0.15) is 0 Å². The molecule has 0 unspecified atom stereocenters. The van der Waals surface area contributed by atoms with Gasteiger partial charge in [-0.1, -0.05) is 176 Å². The molecule has 2 nitrogen and oxygen atoms in total. The van der Waals surface area contributed by atoms with Gasteiger partial charge in [-0.3, -0.25) is 4.57 Å². The Kier molecular flexibility index (Phi) is 6.96. The number of fused-ring (bicyclic) bond motifs is 7. The van der Waals surface area contributed by atoms with E-state index in [0.717, 1.165) is 28.1 Å². The van der Waals surface area contributed by atoms with Crippen LogP contribution in [0.2, 0.25) is 0 Å². The molecule has 0 bridgehead atoms. The molecule has 0 saturated heterocycles. The zero-order valence-corrected chi connectivity index (χ0v) is 31.0. The van der Waals surface area contributed by atoms with Gasteiger partial charge in [0.1, 0.15) is 5.82 Å². The van der Waals surface area contributed by atoms with Gasteiger partial charge in [0.05, 0.1) is 11.0 Å².